The van der Waals surface area contributed by atoms with Crippen LogP contribution < -0.4 is 0 Å². The second-order valence-corrected chi connectivity index (χ2v) is 14.6. The number of nitriles is 1. The molecule has 0 saturated carbocycles. The van der Waals surface area contributed by atoms with Gasteiger partial charge in [-0.25, -0.2) is 15.0 Å². The Morgan fingerprint density at radius 1 is 0.621 bits per heavy atom. The molecule has 0 aliphatic rings. The highest BCUT2D eigenvalue weighted by Gasteiger charge is 2.19. The number of aromatic nitrogens is 8. The molecule has 0 aliphatic carbocycles. The van der Waals surface area contributed by atoms with Gasteiger partial charge in [0.2, 0.25) is 0 Å². The lowest BCUT2D eigenvalue weighted by Crippen LogP contribution is -2.04. The summed E-state index contributed by atoms with van der Waals surface area (Å²) in [5.74, 6) is -0.0776. The maximum atomic E-state index is 13.5. The van der Waals surface area contributed by atoms with Gasteiger partial charge in [-0.15, -0.1) is 0 Å². The number of carbonyl (C=O) groups excluding carboxylic acids is 2. The van der Waals surface area contributed by atoms with E-state index in [0.29, 0.717) is 23.5 Å². The highest BCUT2D eigenvalue weighted by atomic mass is 16.1. The van der Waals surface area contributed by atoms with Crippen LogP contribution in [-0.2, 0) is 12.8 Å². The number of hydrogen-bond acceptors (Lipinski definition) is 7. The van der Waals surface area contributed by atoms with E-state index in [1.165, 1.54) is 0 Å². The Morgan fingerprint density at radius 2 is 1.17 bits per heavy atom. The third-order valence-corrected chi connectivity index (χ3v) is 10.9. The minimum atomic E-state index is -0.0607. The number of carbonyl (C=O) groups is 2. The Bertz CT molecular complexity index is 3250. The largest absolute Gasteiger partial charge is 0.300 e. The van der Waals surface area contributed by atoms with E-state index in [0.717, 1.165) is 88.5 Å². The highest BCUT2D eigenvalue weighted by molar-refractivity contribution is 6.07. The van der Waals surface area contributed by atoms with Crippen molar-refractivity contribution < 1.29 is 9.59 Å². The molecular formula is C47H33N9O2. The number of Topliss-reactive ketones (excluding diaryl/α,β-unsaturated/α-hetero) is 2. The van der Waals surface area contributed by atoms with Crippen molar-refractivity contribution in [2.45, 2.75) is 25.7 Å². The zero-order valence-corrected chi connectivity index (χ0v) is 31.2. The predicted octanol–water partition coefficient (Wildman–Crippen LogP) is 9.40. The van der Waals surface area contributed by atoms with E-state index < -0.39 is 0 Å². The Kier molecular flexibility index (Phi) is 8.30. The van der Waals surface area contributed by atoms with Crippen LogP contribution in [0, 0.1) is 11.3 Å². The first-order chi connectivity index (χ1) is 28.4. The van der Waals surface area contributed by atoms with Gasteiger partial charge in [0, 0.05) is 69.5 Å². The number of rotatable bonds is 10. The molecule has 11 nitrogen and oxygen atoms in total. The number of pyridine rings is 2. The summed E-state index contributed by atoms with van der Waals surface area (Å²) < 4.78 is 0. The first kappa shape index (κ1) is 34.5. The Morgan fingerprint density at radius 3 is 1.76 bits per heavy atom. The molecule has 0 amide bonds. The molecule has 58 heavy (non-hydrogen) atoms. The number of H-pyrrole nitrogens is 4. The highest BCUT2D eigenvalue weighted by Crippen LogP contribution is 2.34. The summed E-state index contributed by atoms with van der Waals surface area (Å²) in [4.78, 5) is 44.7. The molecule has 0 bridgehead atoms. The molecule has 10 aromatic rings. The lowest BCUT2D eigenvalue weighted by molar-refractivity contribution is 0.0981. The molecule has 278 valence electrons. The van der Waals surface area contributed by atoms with Crippen LogP contribution in [0.15, 0.2) is 128 Å². The van der Waals surface area contributed by atoms with Gasteiger partial charge in [0.1, 0.15) is 23.2 Å². The molecule has 0 fully saturated rings. The molecule has 4 N–H and O–H groups in total. The molecule has 6 aromatic heterocycles. The summed E-state index contributed by atoms with van der Waals surface area (Å²) in [6.45, 7) is 2.12. The van der Waals surface area contributed by atoms with Crippen LogP contribution in [0.4, 0.5) is 0 Å². The van der Waals surface area contributed by atoms with Gasteiger partial charge in [0.25, 0.3) is 0 Å². The van der Waals surface area contributed by atoms with E-state index in [-0.39, 0.29) is 23.9 Å². The number of ketones is 2. The number of nitrogens with zero attached hydrogens (tertiary/aromatic N) is 5. The first-order valence-electron chi connectivity index (χ1n) is 18.9. The minimum Gasteiger partial charge on any atom is -0.300 e. The van der Waals surface area contributed by atoms with E-state index in [4.69, 9.17) is 4.98 Å². The second-order valence-electron chi connectivity index (χ2n) is 14.6. The van der Waals surface area contributed by atoms with Crippen molar-refractivity contribution in [1.29, 1.82) is 5.26 Å². The number of nitrogens with one attached hydrogen (secondary N) is 4. The molecule has 1 atom stereocenters. The molecule has 1 unspecified atom stereocenters. The van der Waals surface area contributed by atoms with E-state index in [1.807, 2.05) is 91.1 Å². The quantitative estimate of drug-likeness (QED) is 0.101. The molecule has 0 aliphatic heterocycles. The van der Waals surface area contributed by atoms with Gasteiger partial charge in [-0.3, -0.25) is 24.8 Å². The van der Waals surface area contributed by atoms with E-state index in [2.05, 4.69) is 72.6 Å². The fourth-order valence-electron chi connectivity index (χ4n) is 7.74. The molecule has 0 spiro atoms. The SMILES string of the molecule is CC(c1ccc(CC(=O)c2cc3cc4c(-c5ccnc(C#N)c5)[nH][nH]c4cc3n2)cc1)c1cc(-c2[nH][nH]c3cc4nc(C(=O)Cc5ccccc5)cc4cc23)ccn1. The molecular weight excluding hydrogens is 723 g/mol. The van der Waals surface area contributed by atoms with E-state index >= 15 is 0 Å². The van der Waals surface area contributed by atoms with Gasteiger partial charge in [0.05, 0.1) is 33.5 Å². The summed E-state index contributed by atoms with van der Waals surface area (Å²) in [6.07, 6.45) is 3.97. The van der Waals surface area contributed by atoms with Crippen molar-refractivity contribution in [2.24, 2.45) is 0 Å². The first-order valence-corrected chi connectivity index (χ1v) is 18.9. The second kappa shape index (κ2) is 14.0. The smallest absolute Gasteiger partial charge is 0.185 e. The van der Waals surface area contributed by atoms with Gasteiger partial charge in [-0.1, -0.05) is 61.5 Å². The molecule has 0 radical (unpaired) electrons. The number of benzene rings is 4. The third kappa shape index (κ3) is 6.28. The predicted molar refractivity (Wildman–Crippen MR) is 224 cm³/mol. The molecule has 0 saturated heterocycles. The fourth-order valence-corrected chi connectivity index (χ4v) is 7.74. The zero-order valence-electron chi connectivity index (χ0n) is 31.2. The fraction of sp³-hybridized carbons (Fsp3) is 0.0851. The summed E-state index contributed by atoms with van der Waals surface area (Å²) in [7, 11) is 0. The van der Waals surface area contributed by atoms with Crippen molar-refractivity contribution in [3.8, 4) is 28.6 Å². The van der Waals surface area contributed by atoms with Crippen LogP contribution >= 0.6 is 0 Å². The average molecular weight is 756 g/mol. The van der Waals surface area contributed by atoms with Crippen LogP contribution in [-0.4, -0.2) is 51.9 Å². The molecule has 6 heterocycles. The summed E-state index contributed by atoms with van der Waals surface area (Å²) >= 11 is 0. The normalized spacial score (nSPS) is 12.1. The zero-order chi connectivity index (χ0) is 39.3. The van der Waals surface area contributed by atoms with Crippen molar-refractivity contribution in [1.82, 2.24) is 40.3 Å². The van der Waals surface area contributed by atoms with Gasteiger partial charge < -0.3 is 10.2 Å². The van der Waals surface area contributed by atoms with Gasteiger partial charge in [0.15, 0.2) is 11.6 Å². The Balaban J connectivity index is 0.848. The van der Waals surface area contributed by atoms with Crippen LogP contribution in [0.5, 0.6) is 0 Å². The third-order valence-electron chi connectivity index (χ3n) is 10.9. The molecule has 11 heteroatoms. The van der Waals surface area contributed by atoms with Gasteiger partial charge >= 0.3 is 0 Å². The molecule has 10 rings (SSSR count). The van der Waals surface area contributed by atoms with Crippen LogP contribution in [0.25, 0.3) is 66.1 Å². The number of aromatic amines is 4. The average Bonchev–Trinajstić information content (AvgIpc) is 4.07. The lowest BCUT2D eigenvalue weighted by Gasteiger charge is -2.13. The monoisotopic (exact) mass is 755 g/mol. The summed E-state index contributed by atoms with van der Waals surface area (Å²) in [5, 5.41) is 26.0. The van der Waals surface area contributed by atoms with Crippen molar-refractivity contribution >= 4 is 55.2 Å². The number of fused-ring (bicyclic) bond motifs is 4. The van der Waals surface area contributed by atoms with E-state index in [9.17, 15) is 14.9 Å². The standard InChI is InChI=1S/C47H33N9O2/c1-26(37-20-31(12-14-50-37)47-36-19-33-21-42(51-39(33)24-41(36)54-56-47)44(57)15-27-5-3-2-4-6-27)29-9-7-28(8-10-29)16-45(58)43-22-32-18-35-40(23-38(32)52-43)53-55-46(35)30-11-13-49-34(17-30)25-48/h2-14,17-24,26,53-56H,15-16H2,1H3. The maximum absolute atomic E-state index is 13.5. The topological polar surface area (TPSA) is 173 Å². The summed E-state index contributed by atoms with van der Waals surface area (Å²) in [6, 6.07) is 39.3. The lowest BCUT2D eigenvalue weighted by atomic mass is 9.94. The van der Waals surface area contributed by atoms with Crippen LogP contribution in [0.3, 0.4) is 0 Å². The van der Waals surface area contributed by atoms with Crippen molar-refractivity contribution in [2.75, 3.05) is 0 Å². The number of hydrogen-bond donors (Lipinski definition) is 4. The van der Waals surface area contributed by atoms with Crippen LogP contribution in [0.1, 0.15) is 61.9 Å². The van der Waals surface area contributed by atoms with E-state index in [1.54, 1.807) is 12.3 Å². The van der Waals surface area contributed by atoms with Crippen molar-refractivity contribution in [3.63, 3.8) is 0 Å². The minimum absolute atomic E-state index is 0.00787. The van der Waals surface area contributed by atoms with Crippen LogP contribution in [0.2, 0.25) is 0 Å². The molecule has 4 aromatic carbocycles. The summed E-state index contributed by atoms with van der Waals surface area (Å²) in [5.41, 5.74) is 11.9. The van der Waals surface area contributed by atoms with Gasteiger partial charge in [-0.05, 0) is 77.4 Å². The Labute approximate surface area is 330 Å². The van der Waals surface area contributed by atoms with Crippen molar-refractivity contribution in [3.05, 3.63) is 167 Å². The maximum Gasteiger partial charge on any atom is 0.185 e. The van der Waals surface area contributed by atoms with Gasteiger partial charge in [-0.2, -0.15) is 5.26 Å². The Hall–Kier alpha value is -7.97.